The molecule has 0 amide bonds. The lowest BCUT2D eigenvalue weighted by Gasteiger charge is -2.14. The molecule has 0 saturated carbocycles. The smallest absolute Gasteiger partial charge is 0.328 e. The van der Waals surface area contributed by atoms with Gasteiger partial charge >= 0.3 is 5.69 Å². The molecule has 0 bridgehead atoms. The number of pyridine rings is 1. The number of hydrogen-bond acceptors (Lipinski definition) is 5. The number of aromatic nitrogens is 3. The van der Waals surface area contributed by atoms with E-state index in [0.717, 1.165) is 16.7 Å². The summed E-state index contributed by atoms with van der Waals surface area (Å²) >= 11 is 0. The van der Waals surface area contributed by atoms with E-state index in [4.69, 9.17) is 4.74 Å². The number of aromatic amines is 1. The van der Waals surface area contributed by atoms with Gasteiger partial charge in [-0.15, -0.1) is 0 Å². The van der Waals surface area contributed by atoms with Gasteiger partial charge in [0, 0.05) is 24.4 Å². The quantitative estimate of drug-likeness (QED) is 0.772. The predicted octanol–water partition coefficient (Wildman–Crippen LogP) is 2.72. The molecule has 0 saturated heterocycles. The molecule has 27 heavy (non-hydrogen) atoms. The highest BCUT2D eigenvalue weighted by Crippen LogP contribution is 2.30. The lowest BCUT2D eigenvalue weighted by molar-refractivity contribution is 0.460. The summed E-state index contributed by atoms with van der Waals surface area (Å²) in [7, 11) is 1.61. The number of aryl methyl sites for hydroxylation is 2. The van der Waals surface area contributed by atoms with Crippen LogP contribution in [0.4, 0.5) is 0 Å². The number of nitrogens with one attached hydrogen (secondary N) is 1. The van der Waals surface area contributed by atoms with E-state index in [1.807, 2.05) is 13.8 Å². The first kappa shape index (κ1) is 18.1. The fraction of sp³-hybridized carbons (Fsp3) is 0.200. The Morgan fingerprint density at radius 2 is 1.89 bits per heavy atom. The molecule has 1 N–H and O–H groups in total. The number of ether oxygens (including phenoxy) is 1. The molecule has 0 aliphatic heterocycles. The van der Waals surface area contributed by atoms with Crippen LogP contribution in [-0.2, 0) is 7.05 Å². The van der Waals surface area contributed by atoms with Crippen LogP contribution in [0.1, 0.15) is 22.3 Å². The maximum absolute atomic E-state index is 12.0. The molecular weight excluding hydrogens is 344 g/mol. The monoisotopic (exact) mass is 362 g/mol. The third-order valence-electron chi connectivity index (χ3n) is 4.46. The normalized spacial score (nSPS) is 10.5. The predicted molar refractivity (Wildman–Crippen MR) is 101 cm³/mol. The molecule has 0 aliphatic carbocycles. The second kappa shape index (κ2) is 6.92. The first-order chi connectivity index (χ1) is 12.8. The Morgan fingerprint density at radius 3 is 2.56 bits per heavy atom. The van der Waals surface area contributed by atoms with Crippen LogP contribution in [0.15, 0.2) is 40.1 Å². The molecule has 0 aliphatic rings. The molecule has 2 aromatic heterocycles. The Kier molecular flexibility index (Phi) is 4.65. The maximum atomic E-state index is 12.0. The van der Waals surface area contributed by atoms with Crippen LogP contribution in [0.3, 0.4) is 0 Å². The lowest BCUT2D eigenvalue weighted by atomic mass is 10.0. The zero-order valence-corrected chi connectivity index (χ0v) is 15.5. The van der Waals surface area contributed by atoms with Gasteiger partial charge in [-0.1, -0.05) is 0 Å². The van der Waals surface area contributed by atoms with Gasteiger partial charge < -0.3 is 4.74 Å². The van der Waals surface area contributed by atoms with Crippen LogP contribution >= 0.6 is 0 Å². The van der Waals surface area contributed by atoms with E-state index in [2.05, 4.69) is 16.0 Å². The van der Waals surface area contributed by atoms with E-state index in [1.54, 1.807) is 44.4 Å². The molecule has 1 aromatic carbocycles. The number of hydrogen-bond donors (Lipinski definition) is 1. The zero-order valence-electron chi connectivity index (χ0n) is 15.5. The summed E-state index contributed by atoms with van der Waals surface area (Å²) in [5, 5.41) is 9.30. The van der Waals surface area contributed by atoms with Gasteiger partial charge in [0.05, 0.1) is 5.69 Å². The molecule has 0 spiro atoms. The fourth-order valence-corrected chi connectivity index (χ4v) is 2.94. The van der Waals surface area contributed by atoms with Crippen molar-refractivity contribution in [1.82, 2.24) is 14.5 Å². The Bertz CT molecular complexity index is 1170. The fourth-order valence-electron chi connectivity index (χ4n) is 2.94. The van der Waals surface area contributed by atoms with E-state index in [0.29, 0.717) is 22.6 Å². The van der Waals surface area contributed by atoms with Gasteiger partial charge in [0.15, 0.2) is 0 Å². The zero-order chi connectivity index (χ0) is 19.7. The van der Waals surface area contributed by atoms with Gasteiger partial charge in [-0.05, 0) is 56.2 Å². The molecule has 0 atom stereocenters. The minimum absolute atomic E-state index is 0.240. The summed E-state index contributed by atoms with van der Waals surface area (Å²) in [6.07, 6.45) is 1.59. The summed E-state index contributed by atoms with van der Waals surface area (Å²) in [5.41, 5.74) is 2.88. The Labute approximate surface area is 155 Å². The highest BCUT2D eigenvalue weighted by atomic mass is 16.5. The van der Waals surface area contributed by atoms with Crippen LogP contribution in [0, 0.1) is 32.1 Å². The molecule has 0 fully saturated rings. The first-order valence-corrected chi connectivity index (χ1v) is 8.28. The number of nitriles is 1. The van der Waals surface area contributed by atoms with Crippen molar-refractivity contribution in [2.24, 2.45) is 7.05 Å². The topological polar surface area (TPSA) is 101 Å². The molecule has 2 heterocycles. The first-order valence-electron chi connectivity index (χ1n) is 8.28. The summed E-state index contributed by atoms with van der Waals surface area (Å²) in [6.45, 7) is 5.35. The van der Waals surface area contributed by atoms with Crippen molar-refractivity contribution in [2.75, 3.05) is 0 Å². The van der Waals surface area contributed by atoms with E-state index < -0.39 is 11.2 Å². The summed E-state index contributed by atoms with van der Waals surface area (Å²) in [4.78, 5) is 30.3. The number of rotatable bonds is 3. The van der Waals surface area contributed by atoms with E-state index >= 15 is 0 Å². The molecule has 3 rings (SSSR count). The molecule has 0 unspecified atom stereocenters. The van der Waals surface area contributed by atoms with Gasteiger partial charge in [-0.2, -0.15) is 5.26 Å². The van der Waals surface area contributed by atoms with Crippen molar-refractivity contribution in [3.8, 4) is 29.0 Å². The minimum Gasteiger partial charge on any atom is -0.438 e. The number of H-pyrrole nitrogens is 1. The minimum atomic E-state index is -0.469. The van der Waals surface area contributed by atoms with Crippen LogP contribution in [0.2, 0.25) is 0 Å². The van der Waals surface area contributed by atoms with E-state index in [-0.39, 0.29) is 5.88 Å². The van der Waals surface area contributed by atoms with Crippen LogP contribution in [0.5, 0.6) is 11.6 Å². The van der Waals surface area contributed by atoms with E-state index in [9.17, 15) is 14.9 Å². The maximum Gasteiger partial charge on any atom is 0.328 e. The van der Waals surface area contributed by atoms with E-state index in [1.165, 1.54) is 4.57 Å². The molecule has 7 heteroatoms. The lowest BCUT2D eigenvalue weighted by Crippen LogP contribution is -2.31. The second-order valence-corrected chi connectivity index (χ2v) is 6.29. The second-order valence-electron chi connectivity index (χ2n) is 6.29. The summed E-state index contributed by atoms with van der Waals surface area (Å²) in [6, 6.07) is 9.14. The average molecular weight is 362 g/mol. The van der Waals surface area contributed by atoms with Crippen LogP contribution in [0.25, 0.3) is 11.3 Å². The molecule has 136 valence electrons. The Morgan fingerprint density at radius 1 is 1.15 bits per heavy atom. The highest BCUT2D eigenvalue weighted by molar-refractivity contribution is 5.67. The van der Waals surface area contributed by atoms with Gasteiger partial charge in [-0.25, -0.2) is 9.78 Å². The molecular formula is C20H18N4O3. The van der Waals surface area contributed by atoms with Crippen LogP contribution < -0.4 is 16.0 Å². The van der Waals surface area contributed by atoms with Gasteiger partial charge in [-0.3, -0.25) is 14.3 Å². The summed E-state index contributed by atoms with van der Waals surface area (Å²) in [5.74, 6) is 0.753. The number of benzene rings is 1. The Balaban J connectivity index is 2.07. The van der Waals surface area contributed by atoms with Crippen molar-refractivity contribution < 1.29 is 4.74 Å². The SMILES string of the molecule is Cc1cc(Oc2nccc(C)c2C#N)ccc1-c1c(C)c(=O)[nH]c(=O)n1C. The third-order valence-corrected chi connectivity index (χ3v) is 4.46. The Hall–Kier alpha value is -3.66. The van der Waals surface area contributed by atoms with Gasteiger partial charge in [0.1, 0.15) is 17.4 Å². The standard InChI is InChI=1S/C20H18N4O3/c1-11-7-8-22-19(16(11)10-21)27-14-5-6-15(12(2)9-14)17-13(3)18(25)23-20(26)24(17)4/h5-9H,1-4H3,(H,23,25,26). The van der Waals surface area contributed by atoms with Gasteiger partial charge in [0.2, 0.25) is 5.88 Å². The van der Waals surface area contributed by atoms with Crippen LogP contribution in [-0.4, -0.2) is 14.5 Å². The third kappa shape index (κ3) is 3.25. The molecule has 7 nitrogen and oxygen atoms in total. The highest BCUT2D eigenvalue weighted by Gasteiger charge is 2.15. The molecule has 0 radical (unpaired) electrons. The van der Waals surface area contributed by atoms with Crippen molar-refractivity contribution in [1.29, 1.82) is 5.26 Å². The molecule has 3 aromatic rings. The van der Waals surface area contributed by atoms with Crippen molar-refractivity contribution in [3.63, 3.8) is 0 Å². The largest absolute Gasteiger partial charge is 0.438 e. The van der Waals surface area contributed by atoms with Crippen molar-refractivity contribution >= 4 is 0 Å². The average Bonchev–Trinajstić information content (AvgIpc) is 2.62. The number of nitrogens with zero attached hydrogens (tertiary/aromatic N) is 3. The van der Waals surface area contributed by atoms with Gasteiger partial charge in [0.25, 0.3) is 5.56 Å². The van der Waals surface area contributed by atoms with Crippen molar-refractivity contribution in [3.05, 3.63) is 73.6 Å². The van der Waals surface area contributed by atoms with Crippen molar-refractivity contribution in [2.45, 2.75) is 20.8 Å². The summed E-state index contributed by atoms with van der Waals surface area (Å²) < 4.78 is 7.20.